The van der Waals surface area contributed by atoms with Gasteiger partial charge < -0.3 is 30.2 Å². The Morgan fingerprint density at radius 3 is 2.51 bits per heavy atom. The highest BCUT2D eigenvalue weighted by Gasteiger charge is 2.52. The molecule has 204 valence electrons. The van der Waals surface area contributed by atoms with Gasteiger partial charge >= 0.3 is 12.2 Å². The van der Waals surface area contributed by atoms with Crippen molar-refractivity contribution in [3.05, 3.63) is 28.8 Å². The summed E-state index contributed by atoms with van der Waals surface area (Å²) in [6.45, 7) is 2.64. The molecule has 13 heteroatoms. The van der Waals surface area contributed by atoms with Crippen LogP contribution in [-0.4, -0.2) is 93.7 Å². The monoisotopic (exact) mass is 546 g/mol. The molecule has 1 spiro atoms. The third-order valence-corrected chi connectivity index (χ3v) is 7.99. The van der Waals surface area contributed by atoms with E-state index in [0.29, 0.717) is 13.0 Å². The summed E-state index contributed by atoms with van der Waals surface area (Å²) in [7, 11) is 0. The predicted molar refractivity (Wildman–Crippen MR) is 128 cm³/mol. The number of hydrogen-bond acceptors (Lipinski definition) is 5. The van der Waals surface area contributed by atoms with Crippen LogP contribution >= 0.6 is 11.6 Å². The van der Waals surface area contributed by atoms with E-state index in [0.717, 1.165) is 31.0 Å². The number of amides is 4. The number of carbonyl (C=O) groups is 3. The van der Waals surface area contributed by atoms with Crippen molar-refractivity contribution in [1.29, 1.82) is 0 Å². The zero-order valence-electron chi connectivity index (χ0n) is 20.3. The van der Waals surface area contributed by atoms with Crippen molar-refractivity contribution in [2.24, 2.45) is 5.41 Å². The molecule has 0 aromatic heterocycles. The number of halogens is 4. The number of likely N-dealkylation sites (tertiary alicyclic amines) is 1. The van der Waals surface area contributed by atoms with Crippen molar-refractivity contribution in [1.82, 2.24) is 14.7 Å². The lowest BCUT2D eigenvalue weighted by Gasteiger charge is -2.40. The Hall–Kier alpha value is -2.57. The molecule has 2 heterocycles. The lowest BCUT2D eigenvalue weighted by atomic mass is 9.90. The Balaban J connectivity index is 1.27. The van der Waals surface area contributed by atoms with Gasteiger partial charge in [0.15, 0.2) is 0 Å². The van der Waals surface area contributed by atoms with Crippen LogP contribution in [0.3, 0.4) is 0 Å². The number of aliphatic hydroxyl groups is 2. The highest BCUT2D eigenvalue weighted by atomic mass is 35.5. The van der Waals surface area contributed by atoms with E-state index in [-0.39, 0.29) is 49.6 Å². The number of aliphatic hydroxyl groups excluding tert-OH is 2. The molecule has 37 heavy (non-hydrogen) atoms. The summed E-state index contributed by atoms with van der Waals surface area (Å²) in [4.78, 5) is 42.4. The molecule has 1 aromatic carbocycles. The summed E-state index contributed by atoms with van der Waals surface area (Å²) < 4.78 is 38.7. The first-order chi connectivity index (χ1) is 17.3. The molecule has 3 atom stereocenters. The van der Waals surface area contributed by atoms with Gasteiger partial charge in [-0.25, -0.2) is 4.79 Å². The summed E-state index contributed by atoms with van der Waals surface area (Å²) in [5.74, 6) is -0.848. The third-order valence-electron chi connectivity index (χ3n) is 7.68. The Labute approximate surface area is 217 Å². The molecule has 3 fully saturated rings. The van der Waals surface area contributed by atoms with Crippen LogP contribution in [0.4, 0.5) is 23.7 Å². The topological polar surface area (TPSA) is 113 Å². The standard InChI is InChI=1S/C24H30ClF3N4O5/c1-14-20(35)30(8-4-18(33)21(36)31-9-7-23(5-6-23)19(34)13-31)10-11-32(14)22(37)29-15-2-3-16(17(25)12-15)24(26,27)28/h2-3,12,14,18-19,33-34H,4-11,13H2,1H3,(H,29,37)/t14-,18?,19+/m0/s1. The number of nitrogens with zero attached hydrogens (tertiary/aromatic N) is 3. The minimum Gasteiger partial charge on any atom is -0.391 e. The summed E-state index contributed by atoms with van der Waals surface area (Å²) in [5, 5.41) is 22.6. The van der Waals surface area contributed by atoms with Crippen molar-refractivity contribution in [2.75, 3.05) is 38.0 Å². The van der Waals surface area contributed by atoms with Crippen LogP contribution in [0.25, 0.3) is 0 Å². The summed E-state index contributed by atoms with van der Waals surface area (Å²) >= 11 is 5.70. The summed E-state index contributed by atoms with van der Waals surface area (Å²) in [6, 6.07) is 1.32. The Morgan fingerprint density at radius 2 is 1.92 bits per heavy atom. The maximum atomic E-state index is 12.9. The van der Waals surface area contributed by atoms with E-state index in [1.807, 2.05) is 0 Å². The average molecular weight is 547 g/mol. The number of benzene rings is 1. The highest BCUT2D eigenvalue weighted by molar-refractivity contribution is 6.31. The minimum atomic E-state index is -4.62. The molecule has 2 aliphatic heterocycles. The van der Waals surface area contributed by atoms with Gasteiger partial charge in [-0.3, -0.25) is 9.59 Å². The van der Waals surface area contributed by atoms with E-state index in [9.17, 15) is 37.8 Å². The molecule has 3 N–H and O–H groups in total. The van der Waals surface area contributed by atoms with Gasteiger partial charge in [0.2, 0.25) is 5.91 Å². The molecular weight excluding hydrogens is 517 g/mol. The first kappa shape index (κ1) is 27.5. The Bertz CT molecular complexity index is 1070. The van der Waals surface area contributed by atoms with Gasteiger partial charge in [0.05, 0.1) is 16.7 Å². The Morgan fingerprint density at radius 1 is 1.22 bits per heavy atom. The van der Waals surface area contributed by atoms with Gasteiger partial charge in [0.25, 0.3) is 5.91 Å². The second-order valence-corrected chi connectivity index (χ2v) is 10.4. The zero-order chi connectivity index (χ0) is 27.1. The molecule has 2 saturated heterocycles. The van der Waals surface area contributed by atoms with E-state index in [1.54, 1.807) is 0 Å². The number of urea groups is 1. The molecule has 0 bridgehead atoms. The van der Waals surface area contributed by atoms with Crippen molar-refractivity contribution in [2.45, 2.75) is 57.0 Å². The van der Waals surface area contributed by atoms with Crippen LogP contribution in [0.1, 0.15) is 38.2 Å². The first-order valence-electron chi connectivity index (χ1n) is 12.2. The van der Waals surface area contributed by atoms with Crippen molar-refractivity contribution < 1.29 is 37.8 Å². The zero-order valence-corrected chi connectivity index (χ0v) is 21.1. The van der Waals surface area contributed by atoms with Crippen molar-refractivity contribution in [3.8, 4) is 0 Å². The molecule has 1 aliphatic carbocycles. The summed E-state index contributed by atoms with van der Waals surface area (Å²) in [5.41, 5.74) is -1.02. The lowest BCUT2D eigenvalue weighted by Crippen LogP contribution is -2.59. The van der Waals surface area contributed by atoms with E-state index in [2.05, 4.69) is 5.32 Å². The molecule has 0 radical (unpaired) electrons. The predicted octanol–water partition coefficient (Wildman–Crippen LogP) is 2.55. The fraction of sp³-hybridized carbons (Fsp3) is 0.625. The van der Waals surface area contributed by atoms with Gasteiger partial charge in [0.1, 0.15) is 12.1 Å². The van der Waals surface area contributed by atoms with Gasteiger partial charge in [-0.15, -0.1) is 0 Å². The number of hydrogen-bond donors (Lipinski definition) is 3. The minimum absolute atomic E-state index is 0.0191. The van der Waals surface area contributed by atoms with Crippen LogP contribution in [0, 0.1) is 5.41 Å². The molecule has 4 amide bonds. The number of nitrogens with one attached hydrogen (secondary N) is 1. The molecule has 1 aromatic rings. The molecule has 9 nitrogen and oxygen atoms in total. The fourth-order valence-corrected chi connectivity index (χ4v) is 5.31. The van der Waals surface area contributed by atoms with Gasteiger partial charge in [-0.2, -0.15) is 13.2 Å². The maximum absolute atomic E-state index is 12.9. The number of piperidine rings is 1. The largest absolute Gasteiger partial charge is 0.417 e. The van der Waals surface area contributed by atoms with E-state index in [4.69, 9.17) is 11.6 Å². The fourth-order valence-electron chi connectivity index (χ4n) is 5.02. The quantitative estimate of drug-likeness (QED) is 0.525. The van der Waals surface area contributed by atoms with Crippen LogP contribution < -0.4 is 5.32 Å². The number of piperazine rings is 1. The second kappa shape index (κ2) is 10.3. The number of β-amino-alcohol motifs (C(OH)–C–C–N with tert-alkyl or cyclic N) is 1. The third kappa shape index (κ3) is 5.80. The molecule has 4 rings (SSSR count). The number of carbonyl (C=O) groups excluding carboxylic acids is 3. The SMILES string of the molecule is C[C@H]1C(=O)N(CCC(O)C(=O)N2CCC3(CC3)[C@H](O)C2)CCN1C(=O)Nc1ccc(C(F)(F)F)c(Cl)c1. The highest BCUT2D eigenvalue weighted by Crippen LogP contribution is 2.53. The van der Waals surface area contributed by atoms with Crippen LogP contribution in [0.15, 0.2) is 18.2 Å². The molecule has 3 aliphatic rings. The number of anilines is 1. The van der Waals surface area contributed by atoms with Crippen LogP contribution in [0.5, 0.6) is 0 Å². The van der Waals surface area contributed by atoms with Crippen molar-refractivity contribution >= 4 is 35.1 Å². The van der Waals surface area contributed by atoms with E-state index < -0.39 is 47.0 Å². The second-order valence-electron chi connectivity index (χ2n) is 10.0. The van der Waals surface area contributed by atoms with Crippen LogP contribution in [0.2, 0.25) is 5.02 Å². The van der Waals surface area contributed by atoms with Gasteiger partial charge in [-0.05, 0) is 56.2 Å². The number of rotatable bonds is 5. The maximum Gasteiger partial charge on any atom is 0.417 e. The lowest BCUT2D eigenvalue weighted by molar-refractivity contribution is -0.147. The average Bonchev–Trinajstić information content (AvgIpc) is 3.61. The number of alkyl halides is 3. The smallest absolute Gasteiger partial charge is 0.391 e. The van der Waals surface area contributed by atoms with Gasteiger partial charge in [0, 0.05) is 38.4 Å². The normalized spacial score (nSPS) is 24.3. The first-order valence-corrected chi connectivity index (χ1v) is 12.6. The van der Waals surface area contributed by atoms with E-state index in [1.165, 1.54) is 21.6 Å². The summed E-state index contributed by atoms with van der Waals surface area (Å²) in [6.07, 6.45) is -3.87. The van der Waals surface area contributed by atoms with Crippen LogP contribution in [-0.2, 0) is 15.8 Å². The Kier molecular flexibility index (Phi) is 7.64. The molecular formula is C24H30ClF3N4O5. The van der Waals surface area contributed by atoms with Crippen molar-refractivity contribution in [3.63, 3.8) is 0 Å². The van der Waals surface area contributed by atoms with E-state index >= 15 is 0 Å². The van der Waals surface area contributed by atoms with Gasteiger partial charge in [-0.1, -0.05) is 11.6 Å². The molecule has 1 unspecified atom stereocenters. The molecule has 1 saturated carbocycles.